The number of aryl methyl sites for hydroxylation is 1. The van der Waals surface area contributed by atoms with Crippen molar-refractivity contribution in [1.29, 1.82) is 5.26 Å². The first-order valence-electron chi connectivity index (χ1n) is 9.76. The Bertz CT molecular complexity index is 986. The molecule has 3 aromatic rings. The Balaban J connectivity index is 1.77. The molecule has 0 aliphatic carbocycles. The molecule has 0 atom stereocenters. The molecule has 0 N–H and O–H groups in total. The molecule has 3 heteroatoms. The zero-order valence-electron chi connectivity index (χ0n) is 15.9. The quantitative estimate of drug-likeness (QED) is 0.628. The van der Waals surface area contributed by atoms with Gasteiger partial charge in [-0.05, 0) is 43.0 Å². The maximum Gasteiger partial charge on any atom is 0.0998 e. The van der Waals surface area contributed by atoms with Crippen LogP contribution in [-0.2, 0) is 6.54 Å². The summed E-state index contributed by atoms with van der Waals surface area (Å²) < 4.78 is 0. The lowest BCUT2D eigenvalue weighted by Gasteiger charge is -2.36. The van der Waals surface area contributed by atoms with E-state index in [1.54, 1.807) is 0 Å². The van der Waals surface area contributed by atoms with Gasteiger partial charge in [-0.2, -0.15) is 5.26 Å². The first kappa shape index (κ1) is 17.6. The van der Waals surface area contributed by atoms with Gasteiger partial charge in [0, 0.05) is 30.4 Å². The number of anilines is 1. The first-order valence-corrected chi connectivity index (χ1v) is 9.76. The van der Waals surface area contributed by atoms with Gasteiger partial charge in [0.15, 0.2) is 0 Å². The van der Waals surface area contributed by atoms with E-state index in [0.29, 0.717) is 0 Å². The summed E-state index contributed by atoms with van der Waals surface area (Å²) in [7, 11) is 0. The molecule has 0 radical (unpaired) electrons. The van der Waals surface area contributed by atoms with Crippen molar-refractivity contribution in [3.8, 4) is 6.07 Å². The lowest BCUT2D eigenvalue weighted by molar-refractivity contribution is 0.253. The first-order chi connectivity index (χ1) is 13.3. The van der Waals surface area contributed by atoms with E-state index in [2.05, 4.69) is 71.5 Å². The SMILES string of the molecule is Cc1ccccc1CN1CCCCCN1c1ccc(C#N)c2ccccc12. The van der Waals surface area contributed by atoms with E-state index in [-0.39, 0.29) is 0 Å². The van der Waals surface area contributed by atoms with Crippen LogP contribution in [0.25, 0.3) is 10.8 Å². The van der Waals surface area contributed by atoms with Gasteiger partial charge in [-0.3, -0.25) is 0 Å². The Morgan fingerprint density at radius 1 is 0.852 bits per heavy atom. The largest absolute Gasteiger partial charge is 0.305 e. The van der Waals surface area contributed by atoms with E-state index < -0.39 is 0 Å². The minimum atomic E-state index is 0.745. The van der Waals surface area contributed by atoms with Crippen LogP contribution in [-0.4, -0.2) is 18.1 Å². The maximum atomic E-state index is 9.49. The highest BCUT2D eigenvalue weighted by Gasteiger charge is 2.22. The normalized spacial score (nSPS) is 15.5. The molecule has 0 unspecified atom stereocenters. The van der Waals surface area contributed by atoms with Crippen LogP contribution < -0.4 is 5.01 Å². The predicted octanol–water partition coefficient (Wildman–Crippen LogP) is 5.43. The van der Waals surface area contributed by atoms with Crippen molar-refractivity contribution in [3.63, 3.8) is 0 Å². The summed E-state index contributed by atoms with van der Waals surface area (Å²) in [5.41, 5.74) is 4.67. The van der Waals surface area contributed by atoms with Gasteiger partial charge in [0.2, 0.25) is 0 Å². The summed E-state index contributed by atoms with van der Waals surface area (Å²) in [5, 5.41) is 16.6. The van der Waals surface area contributed by atoms with Gasteiger partial charge in [-0.25, -0.2) is 5.01 Å². The zero-order valence-corrected chi connectivity index (χ0v) is 15.9. The van der Waals surface area contributed by atoms with Crippen LogP contribution in [0.2, 0.25) is 0 Å². The Morgan fingerprint density at radius 3 is 2.41 bits per heavy atom. The van der Waals surface area contributed by atoms with Crippen LogP contribution in [0, 0.1) is 18.3 Å². The van der Waals surface area contributed by atoms with Crippen LogP contribution in [0.15, 0.2) is 60.7 Å². The molecular formula is C24H25N3. The number of nitriles is 1. The van der Waals surface area contributed by atoms with E-state index in [4.69, 9.17) is 0 Å². The molecule has 3 nitrogen and oxygen atoms in total. The predicted molar refractivity (Wildman–Crippen MR) is 111 cm³/mol. The molecule has 1 heterocycles. The molecule has 0 spiro atoms. The number of rotatable bonds is 3. The van der Waals surface area contributed by atoms with Crippen molar-refractivity contribution in [2.45, 2.75) is 32.7 Å². The lowest BCUT2D eigenvalue weighted by Crippen LogP contribution is -2.42. The average Bonchev–Trinajstić information content (AvgIpc) is 2.94. The van der Waals surface area contributed by atoms with Crippen LogP contribution >= 0.6 is 0 Å². The summed E-state index contributed by atoms with van der Waals surface area (Å²) >= 11 is 0. The third kappa shape index (κ3) is 3.54. The molecule has 1 fully saturated rings. The molecular weight excluding hydrogens is 330 g/mol. The lowest BCUT2D eigenvalue weighted by atomic mass is 10.0. The van der Waals surface area contributed by atoms with Gasteiger partial charge >= 0.3 is 0 Å². The van der Waals surface area contributed by atoms with Crippen molar-refractivity contribution < 1.29 is 0 Å². The van der Waals surface area contributed by atoms with Crippen LogP contribution in [0.4, 0.5) is 5.69 Å². The molecule has 0 saturated carbocycles. The minimum absolute atomic E-state index is 0.745. The number of fused-ring (bicyclic) bond motifs is 1. The molecule has 1 aliphatic rings. The summed E-state index contributed by atoms with van der Waals surface area (Å²) in [6, 6.07) is 23.4. The van der Waals surface area contributed by atoms with E-state index >= 15 is 0 Å². The molecule has 0 bridgehead atoms. The van der Waals surface area contributed by atoms with E-state index in [9.17, 15) is 5.26 Å². The van der Waals surface area contributed by atoms with Crippen molar-refractivity contribution >= 4 is 16.5 Å². The molecule has 1 saturated heterocycles. The molecule has 4 rings (SSSR count). The standard InChI is InChI=1S/C24H25N3/c1-19-9-3-4-10-21(19)18-26-15-7-2-8-16-27(26)24-14-13-20(17-25)22-11-5-6-12-23(22)24/h3-6,9-14H,2,7-8,15-16,18H2,1H3. The number of hydrogen-bond acceptors (Lipinski definition) is 3. The molecule has 3 aromatic carbocycles. The number of hydrogen-bond donors (Lipinski definition) is 0. The number of hydrazine groups is 1. The van der Waals surface area contributed by atoms with Gasteiger partial charge in [0.05, 0.1) is 17.3 Å². The fourth-order valence-electron chi connectivity index (χ4n) is 4.02. The van der Waals surface area contributed by atoms with Gasteiger partial charge in [-0.15, -0.1) is 0 Å². The Hall–Kier alpha value is -2.83. The fourth-order valence-corrected chi connectivity index (χ4v) is 4.02. The van der Waals surface area contributed by atoms with Crippen LogP contribution in [0.1, 0.15) is 36.0 Å². The van der Waals surface area contributed by atoms with Crippen LogP contribution in [0.5, 0.6) is 0 Å². The highest BCUT2D eigenvalue weighted by Crippen LogP contribution is 2.32. The topological polar surface area (TPSA) is 30.3 Å². The Morgan fingerprint density at radius 2 is 1.59 bits per heavy atom. The summed E-state index contributed by atoms with van der Waals surface area (Å²) in [6.07, 6.45) is 3.67. The van der Waals surface area contributed by atoms with Gasteiger partial charge in [0.1, 0.15) is 0 Å². The van der Waals surface area contributed by atoms with Gasteiger partial charge < -0.3 is 5.01 Å². The third-order valence-corrected chi connectivity index (χ3v) is 5.54. The van der Waals surface area contributed by atoms with E-state index in [1.807, 2.05) is 12.1 Å². The Labute approximate surface area is 161 Å². The second-order valence-electron chi connectivity index (χ2n) is 7.29. The summed E-state index contributed by atoms with van der Waals surface area (Å²) in [5.74, 6) is 0. The summed E-state index contributed by atoms with van der Waals surface area (Å²) in [4.78, 5) is 0. The Kier molecular flexibility index (Phi) is 5.09. The van der Waals surface area contributed by atoms with Crippen molar-refractivity contribution in [2.75, 3.05) is 18.1 Å². The fraction of sp³-hybridized carbons (Fsp3) is 0.292. The second-order valence-corrected chi connectivity index (χ2v) is 7.29. The monoisotopic (exact) mass is 355 g/mol. The average molecular weight is 355 g/mol. The molecule has 0 aromatic heterocycles. The molecule has 1 aliphatic heterocycles. The summed E-state index contributed by atoms with van der Waals surface area (Å²) in [6.45, 7) is 5.18. The molecule has 0 amide bonds. The van der Waals surface area contributed by atoms with Crippen molar-refractivity contribution in [3.05, 3.63) is 77.4 Å². The van der Waals surface area contributed by atoms with E-state index in [0.717, 1.165) is 36.0 Å². The zero-order chi connectivity index (χ0) is 18.6. The van der Waals surface area contributed by atoms with Gasteiger partial charge in [0.25, 0.3) is 0 Å². The van der Waals surface area contributed by atoms with Crippen LogP contribution in [0.3, 0.4) is 0 Å². The van der Waals surface area contributed by atoms with Crippen molar-refractivity contribution in [2.24, 2.45) is 0 Å². The number of benzene rings is 3. The minimum Gasteiger partial charge on any atom is -0.305 e. The molecule has 136 valence electrons. The second kappa shape index (κ2) is 7.82. The van der Waals surface area contributed by atoms with Crippen molar-refractivity contribution in [1.82, 2.24) is 5.01 Å². The highest BCUT2D eigenvalue weighted by molar-refractivity contribution is 5.97. The highest BCUT2D eigenvalue weighted by atomic mass is 15.6. The molecule has 27 heavy (non-hydrogen) atoms. The maximum absolute atomic E-state index is 9.49. The number of nitrogens with zero attached hydrogens (tertiary/aromatic N) is 3. The smallest absolute Gasteiger partial charge is 0.0998 e. The van der Waals surface area contributed by atoms with Gasteiger partial charge in [-0.1, -0.05) is 55.0 Å². The third-order valence-electron chi connectivity index (χ3n) is 5.54. The van der Waals surface area contributed by atoms with E-state index in [1.165, 1.54) is 36.1 Å².